The average molecular weight is 453 g/mol. The number of pyridine rings is 1. The van der Waals surface area contributed by atoms with Crippen molar-refractivity contribution in [1.82, 2.24) is 10.3 Å². The molecular formula is C23H24N4O4S. The Hall–Kier alpha value is -3.72. The van der Waals surface area contributed by atoms with Crippen molar-refractivity contribution in [2.75, 3.05) is 16.6 Å². The molecule has 9 heteroatoms. The second kappa shape index (κ2) is 10.1. The third-order valence-corrected chi connectivity index (χ3v) is 6.03. The van der Waals surface area contributed by atoms with E-state index in [1.54, 1.807) is 55.6 Å². The van der Waals surface area contributed by atoms with Gasteiger partial charge in [0.2, 0.25) is 5.91 Å². The number of nitrogens with zero attached hydrogens (tertiary/aromatic N) is 1. The number of hydrogen-bond acceptors (Lipinski definition) is 5. The lowest BCUT2D eigenvalue weighted by molar-refractivity contribution is -0.116. The fraction of sp³-hybridized carbons (Fsp3) is 0.174. The van der Waals surface area contributed by atoms with Crippen LogP contribution in [0, 0.1) is 13.8 Å². The van der Waals surface area contributed by atoms with Crippen LogP contribution in [0.15, 0.2) is 71.9 Å². The topological polar surface area (TPSA) is 117 Å². The molecule has 8 nitrogen and oxygen atoms in total. The van der Waals surface area contributed by atoms with Gasteiger partial charge in [0.15, 0.2) is 0 Å². The van der Waals surface area contributed by atoms with Crippen LogP contribution in [0.3, 0.4) is 0 Å². The first-order valence-electron chi connectivity index (χ1n) is 9.93. The van der Waals surface area contributed by atoms with E-state index in [-0.39, 0.29) is 29.3 Å². The van der Waals surface area contributed by atoms with Crippen LogP contribution in [0.25, 0.3) is 0 Å². The minimum Gasteiger partial charge on any atom is -0.352 e. The second-order valence-electron chi connectivity index (χ2n) is 7.24. The summed E-state index contributed by atoms with van der Waals surface area (Å²) in [5.74, 6) is -0.724. The molecule has 32 heavy (non-hydrogen) atoms. The fourth-order valence-corrected chi connectivity index (χ4v) is 3.98. The van der Waals surface area contributed by atoms with E-state index in [0.717, 1.165) is 5.56 Å². The molecule has 0 fully saturated rings. The van der Waals surface area contributed by atoms with Gasteiger partial charge >= 0.3 is 0 Å². The van der Waals surface area contributed by atoms with Crippen molar-refractivity contribution in [2.45, 2.75) is 25.2 Å². The highest BCUT2D eigenvalue weighted by Crippen LogP contribution is 2.20. The van der Waals surface area contributed by atoms with Gasteiger partial charge in [-0.1, -0.05) is 23.8 Å². The first kappa shape index (κ1) is 23.0. The van der Waals surface area contributed by atoms with Gasteiger partial charge in [0.25, 0.3) is 15.9 Å². The van der Waals surface area contributed by atoms with Crippen LogP contribution in [-0.2, 0) is 14.8 Å². The van der Waals surface area contributed by atoms with Crippen molar-refractivity contribution in [3.05, 3.63) is 83.7 Å². The van der Waals surface area contributed by atoms with Crippen LogP contribution >= 0.6 is 0 Å². The number of sulfonamides is 1. The predicted octanol–water partition coefficient (Wildman–Crippen LogP) is 3.26. The van der Waals surface area contributed by atoms with Gasteiger partial charge in [-0.3, -0.25) is 19.3 Å². The van der Waals surface area contributed by atoms with Crippen LogP contribution in [0.2, 0.25) is 0 Å². The number of nitrogens with one attached hydrogen (secondary N) is 3. The lowest BCUT2D eigenvalue weighted by Crippen LogP contribution is -2.28. The number of aryl methyl sites for hydroxylation is 2. The Labute approximate surface area is 187 Å². The molecule has 3 rings (SSSR count). The van der Waals surface area contributed by atoms with Crippen molar-refractivity contribution in [3.63, 3.8) is 0 Å². The van der Waals surface area contributed by atoms with E-state index in [1.807, 2.05) is 6.92 Å². The normalized spacial score (nSPS) is 10.9. The zero-order valence-electron chi connectivity index (χ0n) is 17.8. The summed E-state index contributed by atoms with van der Waals surface area (Å²) >= 11 is 0. The van der Waals surface area contributed by atoms with Crippen LogP contribution in [0.1, 0.15) is 27.9 Å². The number of hydrogen-bond donors (Lipinski definition) is 3. The van der Waals surface area contributed by atoms with Crippen molar-refractivity contribution in [1.29, 1.82) is 0 Å². The maximum atomic E-state index is 12.7. The number of rotatable bonds is 8. The zero-order chi connectivity index (χ0) is 23.1. The van der Waals surface area contributed by atoms with E-state index in [9.17, 15) is 18.0 Å². The first-order chi connectivity index (χ1) is 15.2. The molecule has 2 amide bonds. The summed E-state index contributed by atoms with van der Waals surface area (Å²) in [4.78, 5) is 28.5. The molecule has 0 aliphatic carbocycles. The molecule has 0 aliphatic rings. The number of benzene rings is 2. The van der Waals surface area contributed by atoms with Crippen LogP contribution < -0.4 is 15.4 Å². The number of carbonyl (C=O) groups excluding carboxylic acids is 2. The molecule has 3 aromatic rings. The van der Waals surface area contributed by atoms with Crippen molar-refractivity contribution >= 4 is 33.2 Å². The minimum absolute atomic E-state index is 0.0249. The Morgan fingerprint density at radius 3 is 2.41 bits per heavy atom. The first-order valence-corrected chi connectivity index (χ1v) is 11.4. The summed E-state index contributed by atoms with van der Waals surface area (Å²) in [5.41, 5.74) is 2.86. The molecule has 0 unspecified atom stereocenters. The maximum Gasteiger partial charge on any atom is 0.261 e. The van der Waals surface area contributed by atoms with Crippen LogP contribution in [0.5, 0.6) is 0 Å². The van der Waals surface area contributed by atoms with Crippen LogP contribution in [0.4, 0.5) is 11.4 Å². The van der Waals surface area contributed by atoms with Crippen molar-refractivity contribution in [2.24, 2.45) is 0 Å². The van der Waals surface area contributed by atoms with E-state index in [4.69, 9.17) is 0 Å². The van der Waals surface area contributed by atoms with Gasteiger partial charge in [-0.15, -0.1) is 0 Å². The SMILES string of the molecule is Cc1ccc(NS(=O)(=O)c2ccc(C)c(C(=O)NCCC(=O)Nc3cccnc3)c2)cc1. The second-order valence-corrected chi connectivity index (χ2v) is 8.93. The third kappa shape index (κ3) is 6.14. The highest BCUT2D eigenvalue weighted by atomic mass is 32.2. The Bertz CT molecular complexity index is 1210. The van der Waals surface area contributed by atoms with Gasteiger partial charge in [-0.2, -0.15) is 0 Å². The molecule has 0 bridgehead atoms. The van der Waals surface area contributed by atoms with Gasteiger partial charge < -0.3 is 10.6 Å². The molecule has 0 atom stereocenters. The summed E-state index contributed by atoms with van der Waals surface area (Å²) in [6.45, 7) is 3.72. The van der Waals surface area contributed by atoms with Crippen molar-refractivity contribution in [3.8, 4) is 0 Å². The molecule has 0 radical (unpaired) electrons. The molecule has 0 saturated heterocycles. The van der Waals surface area contributed by atoms with Gasteiger partial charge in [0.1, 0.15) is 0 Å². The van der Waals surface area contributed by atoms with E-state index in [2.05, 4.69) is 20.3 Å². The highest BCUT2D eigenvalue weighted by molar-refractivity contribution is 7.92. The summed E-state index contributed by atoms with van der Waals surface area (Å²) in [7, 11) is -3.87. The van der Waals surface area contributed by atoms with Crippen molar-refractivity contribution < 1.29 is 18.0 Å². The molecule has 0 saturated carbocycles. The smallest absolute Gasteiger partial charge is 0.261 e. The molecule has 1 heterocycles. The lowest BCUT2D eigenvalue weighted by Gasteiger charge is -2.12. The monoisotopic (exact) mass is 452 g/mol. The largest absolute Gasteiger partial charge is 0.352 e. The van der Waals surface area contributed by atoms with Gasteiger partial charge in [-0.25, -0.2) is 8.42 Å². The lowest BCUT2D eigenvalue weighted by atomic mass is 10.1. The number of amides is 2. The maximum absolute atomic E-state index is 12.7. The number of anilines is 2. The third-order valence-electron chi connectivity index (χ3n) is 4.65. The molecule has 0 spiro atoms. The van der Waals surface area contributed by atoms with Gasteiger partial charge in [-0.05, 0) is 55.8 Å². The summed E-state index contributed by atoms with van der Waals surface area (Å²) < 4.78 is 28.0. The molecule has 0 aliphatic heterocycles. The molecular weight excluding hydrogens is 428 g/mol. The average Bonchev–Trinajstić information content (AvgIpc) is 2.76. The zero-order valence-corrected chi connectivity index (χ0v) is 18.6. The quantitative estimate of drug-likeness (QED) is 0.485. The van der Waals surface area contributed by atoms with E-state index >= 15 is 0 Å². The molecule has 1 aromatic heterocycles. The standard InChI is InChI=1S/C23H24N4O4S/c1-16-5-8-18(9-6-16)27-32(30,31)20-10-7-17(2)21(14-20)23(29)25-13-11-22(28)26-19-4-3-12-24-15-19/h3-10,12,14-15,27H,11,13H2,1-2H3,(H,25,29)(H,26,28). The minimum atomic E-state index is -3.87. The Morgan fingerprint density at radius 1 is 0.969 bits per heavy atom. The van der Waals surface area contributed by atoms with Gasteiger partial charge in [0.05, 0.1) is 16.8 Å². The summed E-state index contributed by atoms with van der Waals surface area (Å²) in [5, 5.41) is 5.34. The summed E-state index contributed by atoms with van der Waals surface area (Å²) in [6, 6.07) is 14.7. The number of aromatic nitrogens is 1. The van der Waals surface area contributed by atoms with Crippen LogP contribution in [-0.4, -0.2) is 31.8 Å². The Kier molecular flexibility index (Phi) is 7.21. The van der Waals surface area contributed by atoms with E-state index < -0.39 is 15.9 Å². The number of carbonyl (C=O) groups is 2. The fourth-order valence-electron chi connectivity index (χ4n) is 2.89. The van der Waals surface area contributed by atoms with Gasteiger partial charge in [0, 0.05) is 30.4 Å². The summed E-state index contributed by atoms with van der Waals surface area (Å²) in [6.07, 6.45) is 3.19. The predicted molar refractivity (Wildman–Crippen MR) is 123 cm³/mol. The Balaban J connectivity index is 1.63. The molecule has 166 valence electrons. The van der Waals surface area contributed by atoms with E-state index in [0.29, 0.717) is 16.9 Å². The molecule has 2 aromatic carbocycles. The molecule has 3 N–H and O–H groups in total. The highest BCUT2D eigenvalue weighted by Gasteiger charge is 2.18. The van der Waals surface area contributed by atoms with E-state index in [1.165, 1.54) is 18.3 Å². The Morgan fingerprint density at radius 2 is 1.72 bits per heavy atom.